The van der Waals surface area contributed by atoms with Gasteiger partial charge in [-0.1, -0.05) is 11.6 Å². The van der Waals surface area contributed by atoms with E-state index in [0.29, 0.717) is 26.6 Å². The van der Waals surface area contributed by atoms with E-state index in [1.165, 1.54) is 16.7 Å². The maximum Gasteiger partial charge on any atom is 0.266 e. The smallest absolute Gasteiger partial charge is 0.266 e. The monoisotopic (exact) mass is 310 g/mol. The lowest BCUT2D eigenvalue weighted by atomic mass is 10.2. The second-order valence-corrected chi connectivity index (χ2v) is 5.62. The minimum absolute atomic E-state index is 0.0932. The summed E-state index contributed by atoms with van der Waals surface area (Å²) < 4.78 is 10.6. The summed E-state index contributed by atoms with van der Waals surface area (Å²) in [5, 5.41) is 1.18. The Kier molecular flexibility index (Phi) is 3.35. The number of halogens is 1. The highest BCUT2D eigenvalue weighted by Crippen LogP contribution is 2.39. The maximum atomic E-state index is 12.1. The summed E-state index contributed by atoms with van der Waals surface area (Å²) in [6.45, 7) is 0.189. The van der Waals surface area contributed by atoms with Crippen LogP contribution in [-0.4, -0.2) is 36.9 Å². The molecule has 1 saturated heterocycles. The highest BCUT2D eigenvalue weighted by molar-refractivity contribution is 8.18. The number of nitrogens with zero attached hydrogens (tertiary/aromatic N) is 2. The molecule has 0 aliphatic carbocycles. The molecule has 0 saturated carbocycles. The average Bonchev–Trinajstić information content (AvgIpc) is 2.98. The van der Waals surface area contributed by atoms with Crippen LogP contribution in [0.2, 0.25) is 5.02 Å². The molecule has 1 aromatic carbocycles. The number of carbonyl (C=O) groups is 1. The number of rotatable bonds is 1. The molecule has 0 atom stereocenters. The summed E-state index contributed by atoms with van der Waals surface area (Å²) in [4.78, 5) is 18.2. The normalized spacial score (nSPS) is 21.4. The standard InChI is InChI=1S/C13H11ClN2O3S/c1-15-13-16(2)12(17)11(20-13)4-7-3-9-10(5-8(7)14)19-6-18-9/h3-5H,6H2,1-2H3. The van der Waals surface area contributed by atoms with E-state index in [4.69, 9.17) is 21.1 Å². The Labute approximate surface area is 125 Å². The van der Waals surface area contributed by atoms with Gasteiger partial charge in [-0.3, -0.25) is 14.7 Å². The van der Waals surface area contributed by atoms with Gasteiger partial charge in [0, 0.05) is 20.2 Å². The molecule has 1 fully saturated rings. The molecule has 20 heavy (non-hydrogen) atoms. The highest BCUT2D eigenvalue weighted by Gasteiger charge is 2.30. The number of thioether (sulfide) groups is 1. The molecule has 0 unspecified atom stereocenters. The van der Waals surface area contributed by atoms with Crippen LogP contribution in [0.4, 0.5) is 0 Å². The number of hydrogen-bond donors (Lipinski definition) is 0. The summed E-state index contributed by atoms with van der Waals surface area (Å²) in [5.74, 6) is 1.16. The van der Waals surface area contributed by atoms with Crippen molar-refractivity contribution in [3.63, 3.8) is 0 Å². The Morgan fingerprint density at radius 2 is 2.10 bits per heavy atom. The molecule has 0 bridgehead atoms. The van der Waals surface area contributed by atoms with Crippen molar-refractivity contribution in [2.45, 2.75) is 0 Å². The Bertz CT molecular complexity index is 657. The lowest BCUT2D eigenvalue weighted by molar-refractivity contribution is -0.121. The minimum atomic E-state index is -0.0932. The van der Waals surface area contributed by atoms with E-state index >= 15 is 0 Å². The van der Waals surface area contributed by atoms with Gasteiger partial charge in [-0.15, -0.1) is 0 Å². The number of likely N-dealkylation sites (N-methyl/N-ethyl adjacent to an activating group) is 1. The molecular formula is C13H11ClN2O3S. The SMILES string of the molecule is CN=C1SC(=Cc2cc3c(cc2Cl)OCO3)C(=O)N1C. The van der Waals surface area contributed by atoms with E-state index in [9.17, 15) is 4.79 Å². The van der Waals surface area contributed by atoms with Crippen LogP contribution in [0, 0.1) is 0 Å². The maximum absolute atomic E-state index is 12.1. The molecule has 3 rings (SSSR count). The molecule has 1 aromatic rings. The molecule has 2 aliphatic rings. The lowest BCUT2D eigenvalue weighted by Crippen LogP contribution is -2.23. The predicted molar refractivity (Wildman–Crippen MR) is 79.3 cm³/mol. The van der Waals surface area contributed by atoms with E-state index in [1.54, 1.807) is 32.3 Å². The topological polar surface area (TPSA) is 51.1 Å². The number of aliphatic imine (C=N–C) groups is 1. The van der Waals surface area contributed by atoms with Crippen molar-refractivity contribution in [2.75, 3.05) is 20.9 Å². The van der Waals surface area contributed by atoms with Crippen LogP contribution in [0.5, 0.6) is 11.5 Å². The first-order valence-corrected chi connectivity index (χ1v) is 7.03. The third kappa shape index (κ3) is 2.14. The second-order valence-electron chi connectivity index (χ2n) is 4.21. The number of fused-ring (bicyclic) bond motifs is 1. The molecule has 2 heterocycles. The van der Waals surface area contributed by atoms with Crippen LogP contribution in [0.25, 0.3) is 6.08 Å². The van der Waals surface area contributed by atoms with E-state index in [2.05, 4.69) is 4.99 Å². The third-order valence-corrected chi connectivity index (χ3v) is 4.45. The zero-order chi connectivity index (χ0) is 14.3. The van der Waals surface area contributed by atoms with Crippen LogP contribution in [0.15, 0.2) is 22.0 Å². The fourth-order valence-corrected chi connectivity index (χ4v) is 3.06. The van der Waals surface area contributed by atoms with Crippen LogP contribution in [0.3, 0.4) is 0 Å². The number of amidine groups is 1. The summed E-state index contributed by atoms with van der Waals surface area (Å²) in [5.41, 5.74) is 0.720. The van der Waals surface area contributed by atoms with Crippen LogP contribution < -0.4 is 9.47 Å². The zero-order valence-corrected chi connectivity index (χ0v) is 12.4. The van der Waals surface area contributed by atoms with Crippen molar-refractivity contribution in [1.82, 2.24) is 4.90 Å². The quantitative estimate of drug-likeness (QED) is 0.748. The fraction of sp³-hybridized carbons (Fsp3) is 0.231. The largest absolute Gasteiger partial charge is 0.454 e. The Morgan fingerprint density at radius 3 is 2.75 bits per heavy atom. The first-order valence-electron chi connectivity index (χ1n) is 5.83. The van der Waals surface area contributed by atoms with Gasteiger partial charge in [0.2, 0.25) is 6.79 Å². The van der Waals surface area contributed by atoms with Gasteiger partial charge in [-0.05, 0) is 29.5 Å². The van der Waals surface area contributed by atoms with Crippen molar-refractivity contribution in [2.24, 2.45) is 4.99 Å². The number of carbonyl (C=O) groups excluding carboxylic acids is 1. The van der Waals surface area contributed by atoms with E-state index < -0.39 is 0 Å². The summed E-state index contributed by atoms with van der Waals surface area (Å²) in [6.07, 6.45) is 1.74. The van der Waals surface area contributed by atoms with Gasteiger partial charge in [-0.25, -0.2) is 0 Å². The van der Waals surface area contributed by atoms with Crippen LogP contribution >= 0.6 is 23.4 Å². The highest BCUT2D eigenvalue weighted by atomic mass is 35.5. The Hall–Kier alpha value is -1.66. The first-order chi connectivity index (χ1) is 9.60. The minimum Gasteiger partial charge on any atom is -0.454 e. The number of ether oxygens (including phenoxy) is 2. The molecule has 5 nitrogen and oxygen atoms in total. The van der Waals surface area contributed by atoms with E-state index in [0.717, 1.165) is 5.56 Å². The van der Waals surface area contributed by atoms with Gasteiger partial charge in [-0.2, -0.15) is 0 Å². The van der Waals surface area contributed by atoms with Gasteiger partial charge in [0.25, 0.3) is 5.91 Å². The number of benzene rings is 1. The van der Waals surface area contributed by atoms with Crippen molar-refractivity contribution in [1.29, 1.82) is 0 Å². The van der Waals surface area contributed by atoms with Gasteiger partial charge in [0.05, 0.1) is 9.93 Å². The lowest BCUT2D eigenvalue weighted by Gasteiger charge is -2.05. The number of amides is 1. The zero-order valence-electron chi connectivity index (χ0n) is 10.8. The third-order valence-electron chi connectivity index (χ3n) is 2.97. The first kappa shape index (κ1) is 13.3. The van der Waals surface area contributed by atoms with Crippen molar-refractivity contribution in [3.05, 3.63) is 27.6 Å². The van der Waals surface area contributed by atoms with Crippen molar-refractivity contribution >= 4 is 40.5 Å². The molecule has 2 aliphatic heterocycles. The van der Waals surface area contributed by atoms with Crippen LogP contribution in [-0.2, 0) is 4.79 Å². The molecule has 0 spiro atoms. The summed E-state index contributed by atoms with van der Waals surface area (Å²) in [6, 6.07) is 3.46. The van der Waals surface area contributed by atoms with Gasteiger partial charge in [0.15, 0.2) is 16.7 Å². The van der Waals surface area contributed by atoms with Crippen molar-refractivity contribution in [3.8, 4) is 11.5 Å². The predicted octanol–water partition coefficient (Wildman–Crippen LogP) is 2.60. The van der Waals surface area contributed by atoms with E-state index in [1.807, 2.05) is 0 Å². The molecule has 0 N–H and O–H groups in total. The summed E-state index contributed by atoms with van der Waals surface area (Å²) >= 11 is 7.52. The molecule has 1 amide bonds. The molecule has 104 valence electrons. The average molecular weight is 311 g/mol. The van der Waals surface area contributed by atoms with Gasteiger partial charge in [0.1, 0.15) is 0 Å². The van der Waals surface area contributed by atoms with Crippen LogP contribution in [0.1, 0.15) is 5.56 Å². The molecule has 7 heteroatoms. The van der Waals surface area contributed by atoms with Crippen molar-refractivity contribution < 1.29 is 14.3 Å². The number of hydrogen-bond acceptors (Lipinski definition) is 5. The summed E-state index contributed by atoms with van der Waals surface area (Å²) in [7, 11) is 3.35. The van der Waals surface area contributed by atoms with E-state index in [-0.39, 0.29) is 12.7 Å². The Morgan fingerprint density at radius 1 is 1.40 bits per heavy atom. The molecule has 0 aromatic heterocycles. The van der Waals surface area contributed by atoms with Gasteiger partial charge < -0.3 is 9.47 Å². The fourth-order valence-electron chi connectivity index (χ4n) is 1.93. The molecular weight excluding hydrogens is 300 g/mol. The molecule has 0 radical (unpaired) electrons. The van der Waals surface area contributed by atoms with Gasteiger partial charge >= 0.3 is 0 Å². The second kappa shape index (κ2) is 5.03. The Balaban J connectivity index is 1.99.